The smallest absolute Gasteiger partial charge is 0.264 e. The van der Waals surface area contributed by atoms with Crippen molar-refractivity contribution in [2.24, 2.45) is 0 Å². The lowest BCUT2D eigenvalue weighted by atomic mass is 10.3. The van der Waals surface area contributed by atoms with Crippen LogP contribution in [0.2, 0.25) is 5.02 Å². The van der Waals surface area contributed by atoms with Crippen LogP contribution in [0.4, 0.5) is 17.1 Å². The lowest BCUT2D eigenvalue weighted by Crippen LogP contribution is -2.23. The maximum Gasteiger partial charge on any atom is 0.264 e. The number of aromatic nitrogens is 1. The van der Waals surface area contributed by atoms with E-state index in [0.717, 1.165) is 0 Å². The summed E-state index contributed by atoms with van der Waals surface area (Å²) in [7, 11) is -2.36. The number of rotatable bonds is 8. The lowest BCUT2D eigenvalue weighted by molar-refractivity contribution is -0.114. The first-order chi connectivity index (χ1) is 13.9. The Hall–Kier alpha value is -3.17. The Morgan fingerprint density at radius 3 is 2.66 bits per heavy atom. The third-order valence-electron chi connectivity index (χ3n) is 3.90. The second-order valence-corrected chi connectivity index (χ2v) is 8.03. The highest BCUT2D eigenvalue weighted by molar-refractivity contribution is 7.92. The maximum absolute atomic E-state index is 12.7. The van der Waals surface area contributed by atoms with E-state index in [-0.39, 0.29) is 11.4 Å². The Morgan fingerprint density at radius 1 is 1.14 bits per heavy atom. The van der Waals surface area contributed by atoms with Crippen molar-refractivity contribution in [1.82, 2.24) is 4.98 Å². The van der Waals surface area contributed by atoms with Gasteiger partial charge in [-0.25, -0.2) is 8.42 Å². The molecule has 0 aliphatic heterocycles. The number of nitrogens with one attached hydrogen (secondary N) is 4. The van der Waals surface area contributed by atoms with Crippen molar-refractivity contribution in [3.8, 4) is 5.75 Å². The average molecular weight is 435 g/mol. The predicted molar refractivity (Wildman–Crippen MR) is 113 cm³/mol. The molecule has 10 heteroatoms. The standard InChI is InChI=1S/C19H19ClN4O4S/c1-28-17-7-6-13(20)10-16(17)23-19(25)12-22-15-4-2-3-5-18(15)29(26,27)24-14-8-9-21-11-14/h2-11,21-22,24H,12H2,1H3,(H,23,25). The topological polar surface area (TPSA) is 112 Å². The van der Waals surface area contributed by atoms with Crippen molar-refractivity contribution in [2.75, 3.05) is 29.0 Å². The first-order valence-electron chi connectivity index (χ1n) is 8.51. The highest BCUT2D eigenvalue weighted by Crippen LogP contribution is 2.28. The minimum atomic E-state index is -3.84. The Labute approximate surface area is 173 Å². The Balaban J connectivity index is 1.72. The van der Waals surface area contributed by atoms with Crippen molar-refractivity contribution >= 4 is 44.6 Å². The molecule has 0 radical (unpaired) electrons. The van der Waals surface area contributed by atoms with Crippen LogP contribution in [0.3, 0.4) is 0 Å². The van der Waals surface area contributed by atoms with Crippen LogP contribution in [0.5, 0.6) is 5.75 Å². The Bertz CT molecular complexity index is 1100. The van der Waals surface area contributed by atoms with Gasteiger partial charge in [-0.1, -0.05) is 23.7 Å². The number of anilines is 3. The van der Waals surface area contributed by atoms with Gasteiger partial charge in [0.2, 0.25) is 5.91 Å². The summed E-state index contributed by atoms with van der Waals surface area (Å²) < 4.78 is 33.0. The second-order valence-electron chi connectivity index (χ2n) is 5.95. The lowest BCUT2D eigenvalue weighted by Gasteiger charge is -2.14. The SMILES string of the molecule is COc1ccc(Cl)cc1NC(=O)CNc1ccccc1S(=O)(=O)Nc1cc[nH]c1. The molecule has 4 N–H and O–H groups in total. The summed E-state index contributed by atoms with van der Waals surface area (Å²) in [5, 5.41) is 5.99. The number of para-hydroxylation sites is 1. The number of aromatic amines is 1. The number of H-pyrrole nitrogens is 1. The van der Waals surface area contributed by atoms with E-state index in [1.807, 2.05) is 0 Å². The number of methoxy groups -OCH3 is 1. The molecule has 0 aliphatic carbocycles. The summed E-state index contributed by atoms with van der Waals surface area (Å²) in [6, 6.07) is 12.8. The minimum Gasteiger partial charge on any atom is -0.495 e. The van der Waals surface area contributed by atoms with E-state index >= 15 is 0 Å². The molecule has 1 heterocycles. The summed E-state index contributed by atoms with van der Waals surface area (Å²) in [6.45, 7) is -0.160. The third-order valence-corrected chi connectivity index (χ3v) is 5.58. The second kappa shape index (κ2) is 8.89. The number of hydrogen-bond acceptors (Lipinski definition) is 5. The van der Waals surface area contributed by atoms with Gasteiger partial charge >= 0.3 is 0 Å². The molecule has 1 aromatic heterocycles. The number of carbonyl (C=O) groups is 1. The molecule has 2 aromatic carbocycles. The molecule has 0 saturated carbocycles. The molecule has 0 unspecified atom stereocenters. The molecule has 29 heavy (non-hydrogen) atoms. The molecule has 152 valence electrons. The maximum atomic E-state index is 12.7. The largest absolute Gasteiger partial charge is 0.495 e. The van der Waals surface area contributed by atoms with Gasteiger partial charge in [-0.2, -0.15) is 0 Å². The van der Waals surface area contributed by atoms with Crippen molar-refractivity contribution in [1.29, 1.82) is 0 Å². The number of benzene rings is 2. The fraction of sp³-hybridized carbons (Fsp3) is 0.105. The number of halogens is 1. The average Bonchev–Trinajstić information content (AvgIpc) is 3.19. The number of ether oxygens (including phenoxy) is 1. The molecule has 0 fully saturated rings. The van der Waals surface area contributed by atoms with Gasteiger partial charge in [0.15, 0.2) is 0 Å². The van der Waals surface area contributed by atoms with Crippen molar-refractivity contribution < 1.29 is 17.9 Å². The normalized spacial score (nSPS) is 11.0. The number of sulfonamides is 1. The summed E-state index contributed by atoms with van der Waals surface area (Å²) in [5.74, 6) is 0.0674. The summed E-state index contributed by atoms with van der Waals surface area (Å²) >= 11 is 5.96. The van der Waals surface area contributed by atoms with Crippen LogP contribution >= 0.6 is 11.6 Å². The van der Waals surface area contributed by atoms with E-state index in [9.17, 15) is 13.2 Å². The quantitative estimate of drug-likeness (QED) is 0.433. The predicted octanol–water partition coefficient (Wildman–Crippen LogP) is 3.53. The van der Waals surface area contributed by atoms with E-state index in [4.69, 9.17) is 16.3 Å². The number of hydrogen-bond donors (Lipinski definition) is 4. The van der Waals surface area contributed by atoms with Gasteiger partial charge in [-0.3, -0.25) is 9.52 Å². The molecule has 8 nitrogen and oxygen atoms in total. The van der Waals surface area contributed by atoms with Gasteiger partial charge in [0.1, 0.15) is 10.6 Å². The Morgan fingerprint density at radius 2 is 1.93 bits per heavy atom. The van der Waals surface area contributed by atoms with Crippen LogP contribution in [0, 0.1) is 0 Å². The van der Waals surface area contributed by atoms with Gasteiger partial charge in [0.05, 0.1) is 30.7 Å². The van der Waals surface area contributed by atoms with Crippen molar-refractivity contribution in [3.63, 3.8) is 0 Å². The third kappa shape index (κ3) is 5.21. The van der Waals surface area contributed by atoms with Crippen LogP contribution in [0.1, 0.15) is 0 Å². The Kier molecular flexibility index (Phi) is 6.30. The van der Waals surface area contributed by atoms with Crippen LogP contribution in [-0.4, -0.2) is 33.0 Å². The fourth-order valence-electron chi connectivity index (χ4n) is 2.59. The molecule has 3 rings (SSSR count). The zero-order valence-electron chi connectivity index (χ0n) is 15.4. The fourth-order valence-corrected chi connectivity index (χ4v) is 4.00. The first-order valence-corrected chi connectivity index (χ1v) is 10.4. The summed E-state index contributed by atoms with van der Waals surface area (Å²) in [6.07, 6.45) is 3.13. The molecule has 0 atom stereocenters. The number of amides is 1. The monoisotopic (exact) mass is 434 g/mol. The van der Waals surface area contributed by atoms with Crippen LogP contribution < -0.4 is 20.1 Å². The van der Waals surface area contributed by atoms with Crippen LogP contribution in [0.25, 0.3) is 0 Å². The van der Waals surface area contributed by atoms with Crippen LogP contribution in [-0.2, 0) is 14.8 Å². The van der Waals surface area contributed by atoms with E-state index in [1.165, 1.54) is 19.4 Å². The molecule has 3 aromatic rings. The molecule has 0 saturated heterocycles. The molecule has 0 aliphatic rings. The molecular formula is C19H19ClN4O4S. The highest BCUT2D eigenvalue weighted by Gasteiger charge is 2.19. The zero-order valence-corrected chi connectivity index (χ0v) is 17.0. The van der Waals surface area contributed by atoms with Crippen molar-refractivity contribution in [2.45, 2.75) is 4.90 Å². The highest BCUT2D eigenvalue weighted by atomic mass is 35.5. The minimum absolute atomic E-state index is 0.0225. The van der Waals surface area contributed by atoms with E-state index < -0.39 is 15.9 Å². The van der Waals surface area contributed by atoms with E-state index in [0.29, 0.717) is 27.8 Å². The summed E-state index contributed by atoms with van der Waals surface area (Å²) in [4.78, 5) is 15.1. The molecular weight excluding hydrogens is 416 g/mol. The van der Waals surface area contributed by atoms with E-state index in [2.05, 4.69) is 20.3 Å². The zero-order chi connectivity index (χ0) is 20.9. The van der Waals surface area contributed by atoms with Gasteiger partial charge in [-0.15, -0.1) is 0 Å². The molecule has 0 bridgehead atoms. The number of carbonyl (C=O) groups excluding carboxylic acids is 1. The molecule has 0 spiro atoms. The first kappa shape index (κ1) is 20.6. The van der Waals surface area contributed by atoms with Gasteiger partial charge in [0.25, 0.3) is 10.0 Å². The molecule has 1 amide bonds. The van der Waals surface area contributed by atoms with Gasteiger partial charge in [0, 0.05) is 17.4 Å². The van der Waals surface area contributed by atoms with Crippen LogP contribution in [0.15, 0.2) is 65.8 Å². The van der Waals surface area contributed by atoms with Gasteiger partial charge in [-0.05, 0) is 36.4 Å². The summed E-state index contributed by atoms with van der Waals surface area (Å²) in [5.41, 5.74) is 1.12. The van der Waals surface area contributed by atoms with Gasteiger partial charge < -0.3 is 20.4 Å². The van der Waals surface area contributed by atoms with Crippen molar-refractivity contribution in [3.05, 3.63) is 65.9 Å². The van der Waals surface area contributed by atoms with E-state index in [1.54, 1.807) is 48.7 Å².